The molecule has 3 aromatic rings. The molecule has 0 fully saturated rings. The van der Waals surface area contributed by atoms with Crippen LogP contribution in [0.4, 0.5) is 0 Å². The second kappa shape index (κ2) is 9.38. The van der Waals surface area contributed by atoms with E-state index in [1.165, 1.54) is 13.3 Å². The van der Waals surface area contributed by atoms with Gasteiger partial charge in [-0.3, -0.25) is 9.78 Å². The Labute approximate surface area is 182 Å². The number of carbonyl (C=O) groups excluding carboxylic acids is 1. The third-order valence-corrected chi connectivity index (χ3v) is 5.12. The number of amidine groups is 1. The molecule has 1 heterocycles. The molecule has 0 saturated carbocycles. The highest BCUT2D eigenvalue weighted by atomic mass is 16.5. The summed E-state index contributed by atoms with van der Waals surface area (Å²) in [5.74, 6) is 0.643. The molecule has 0 aliphatic heterocycles. The molecule has 160 valence electrons. The van der Waals surface area contributed by atoms with Crippen LogP contribution in [0.15, 0.2) is 65.9 Å². The quantitative estimate of drug-likeness (QED) is 0.358. The number of carbonyl (C=O) groups is 1. The lowest BCUT2D eigenvalue weighted by molar-refractivity contribution is 0.0987. The van der Waals surface area contributed by atoms with Crippen LogP contribution in [0.1, 0.15) is 39.8 Å². The summed E-state index contributed by atoms with van der Waals surface area (Å²) in [4.78, 5) is 25.6. The van der Waals surface area contributed by atoms with E-state index in [1.54, 1.807) is 13.3 Å². The van der Waals surface area contributed by atoms with E-state index in [1.807, 2.05) is 62.4 Å². The van der Waals surface area contributed by atoms with E-state index < -0.39 is 5.54 Å². The Morgan fingerprint density at radius 1 is 1.06 bits per heavy atom. The Hall–Kier alpha value is -3.74. The summed E-state index contributed by atoms with van der Waals surface area (Å²) in [6.07, 6.45) is 3.30. The van der Waals surface area contributed by atoms with E-state index in [2.05, 4.69) is 15.0 Å². The molecule has 1 aromatic heterocycles. The fourth-order valence-electron chi connectivity index (χ4n) is 3.27. The van der Waals surface area contributed by atoms with Crippen LogP contribution in [-0.2, 0) is 16.7 Å². The number of ketones is 1. The predicted molar refractivity (Wildman–Crippen MR) is 119 cm³/mol. The Morgan fingerprint density at radius 2 is 1.81 bits per heavy atom. The fourth-order valence-corrected chi connectivity index (χ4v) is 3.27. The van der Waals surface area contributed by atoms with Gasteiger partial charge >= 0.3 is 0 Å². The van der Waals surface area contributed by atoms with Gasteiger partial charge in [-0.1, -0.05) is 36.4 Å². The molecule has 1 atom stereocenters. The Bertz CT molecular complexity index is 1080. The number of aromatic nitrogens is 2. The number of hydrogen-bond donors (Lipinski definition) is 1. The van der Waals surface area contributed by atoms with Gasteiger partial charge in [0, 0.05) is 12.6 Å². The molecular weight excluding hydrogens is 392 g/mol. The lowest BCUT2D eigenvalue weighted by atomic mass is 9.84. The largest absolute Gasteiger partial charge is 0.497 e. The Balaban J connectivity index is 1.98. The minimum absolute atomic E-state index is 0.0646. The summed E-state index contributed by atoms with van der Waals surface area (Å²) in [6, 6.07) is 15.4. The highest BCUT2D eigenvalue weighted by molar-refractivity contribution is 5.95. The first-order valence-electron chi connectivity index (χ1n) is 9.81. The molecule has 1 unspecified atom stereocenters. The zero-order valence-electron chi connectivity index (χ0n) is 18.1. The van der Waals surface area contributed by atoms with Crippen LogP contribution in [0.25, 0.3) is 0 Å². The second-order valence-electron chi connectivity index (χ2n) is 7.30. The van der Waals surface area contributed by atoms with E-state index in [0.29, 0.717) is 5.69 Å². The topological polar surface area (TPSA) is 99.7 Å². The average Bonchev–Trinajstić information content (AvgIpc) is 2.79. The van der Waals surface area contributed by atoms with Crippen molar-refractivity contribution in [2.45, 2.75) is 25.8 Å². The average molecular weight is 418 g/mol. The summed E-state index contributed by atoms with van der Waals surface area (Å²) in [5, 5.41) is 0. The molecule has 0 aliphatic carbocycles. The summed E-state index contributed by atoms with van der Waals surface area (Å²) >= 11 is 0. The number of nitrogens with zero attached hydrogens (tertiary/aromatic N) is 3. The minimum Gasteiger partial charge on any atom is -0.497 e. The van der Waals surface area contributed by atoms with E-state index in [-0.39, 0.29) is 18.2 Å². The van der Waals surface area contributed by atoms with Crippen molar-refractivity contribution < 1.29 is 14.3 Å². The number of aryl methyl sites for hydroxylation is 1. The molecule has 2 aromatic carbocycles. The molecule has 2 N–H and O–H groups in total. The van der Waals surface area contributed by atoms with Gasteiger partial charge in [0.25, 0.3) is 6.02 Å². The summed E-state index contributed by atoms with van der Waals surface area (Å²) < 4.78 is 10.4. The SMILES string of the molecule is COC(N)=NC(C)(c1ccc(OC)cc1)c1cccc(CC(=O)c2cnc(C)cn2)c1. The monoisotopic (exact) mass is 418 g/mol. The van der Waals surface area contributed by atoms with Crippen LogP contribution >= 0.6 is 0 Å². The van der Waals surface area contributed by atoms with Gasteiger partial charge in [-0.2, -0.15) is 0 Å². The highest BCUT2D eigenvalue weighted by Crippen LogP contribution is 2.35. The van der Waals surface area contributed by atoms with Gasteiger partial charge in [0.1, 0.15) is 17.0 Å². The Kier molecular flexibility index (Phi) is 6.65. The summed E-state index contributed by atoms with van der Waals surface area (Å²) in [6.45, 7) is 3.78. The third-order valence-electron chi connectivity index (χ3n) is 5.12. The van der Waals surface area contributed by atoms with E-state index in [9.17, 15) is 4.79 Å². The highest BCUT2D eigenvalue weighted by Gasteiger charge is 2.30. The van der Waals surface area contributed by atoms with Crippen LogP contribution in [0.3, 0.4) is 0 Å². The molecule has 7 nitrogen and oxygen atoms in total. The number of nitrogens with two attached hydrogens (primary N) is 1. The molecule has 31 heavy (non-hydrogen) atoms. The van der Waals surface area contributed by atoms with Crippen LogP contribution in [-0.4, -0.2) is 36.0 Å². The smallest absolute Gasteiger partial charge is 0.282 e. The van der Waals surface area contributed by atoms with E-state index >= 15 is 0 Å². The number of benzene rings is 2. The maximum Gasteiger partial charge on any atom is 0.282 e. The van der Waals surface area contributed by atoms with Crippen molar-refractivity contribution in [1.29, 1.82) is 0 Å². The molecule has 7 heteroatoms. The Morgan fingerprint density at radius 3 is 2.42 bits per heavy atom. The van der Waals surface area contributed by atoms with Gasteiger partial charge in [-0.25, -0.2) is 9.98 Å². The first kappa shape index (κ1) is 22.0. The van der Waals surface area contributed by atoms with Crippen LogP contribution < -0.4 is 10.5 Å². The fraction of sp³-hybridized carbons (Fsp3) is 0.250. The second-order valence-corrected chi connectivity index (χ2v) is 7.30. The van der Waals surface area contributed by atoms with Gasteiger partial charge in [0.2, 0.25) is 0 Å². The van der Waals surface area contributed by atoms with Crippen LogP contribution in [0.2, 0.25) is 0 Å². The predicted octanol–water partition coefficient (Wildman–Crippen LogP) is 3.44. The van der Waals surface area contributed by atoms with Gasteiger partial charge < -0.3 is 15.2 Å². The molecule has 0 saturated heterocycles. The van der Waals surface area contributed by atoms with Crippen LogP contribution in [0, 0.1) is 6.92 Å². The zero-order chi connectivity index (χ0) is 22.4. The van der Waals surface area contributed by atoms with Crippen molar-refractivity contribution >= 4 is 11.8 Å². The number of methoxy groups -OCH3 is 2. The first-order valence-corrected chi connectivity index (χ1v) is 9.81. The van der Waals surface area contributed by atoms with Crippen molar-refractivity contribution in [3.8, 4) is 5.75 Å². The summed E-state index contributed by atoms with van der Waals surface area (Å²) in [7, 11) is 3.10. The third kappa shape index (κ3) is 5.06. The maximum atomic E-state index is 12.7. The number of rotatable bonds is 7. The molecule has 0 spiro atoms. The van der Waals surface area contributed by atoms with Gasteiger partial charge in [0.05, 0.1) is 26.1 Å². The van der Waals surface area contributed by atoms with Crippen molar-refractivity contribution in [2.75, 3.05) is 14.2 Å². The standard InChI is InChI=1S/C24H26N4O3/c1-16-14-27-21(15-26-16)22(29)13-17-6-5-7-19(12-17)24(2,28-23(25)31-4)18-8-10-20(30-3)11-9-18/h5-12,14-15H,13H2,1-4H3,(H2,25,28). The lowest BCUT2D eigenvalue weighted by Crippen LogP contribution is -2.27. The number of ether oxygens (including phenoxy) is 2. The van der Waals surface area contributed by atoms with Crippen LogP contribution in [0.5, 0.6) is 5.75 Å². The summed E-state index contributed by atoms with van der Waals surface area (Å²) in [5.41, 5.74) is 8.84. The minimum atomic E-state index is -0.824. The zero-order valence-corrected chi connectivity index (χ0v) is 18.1. The van der Waals surface area contributed by atoms with Crippen molar-refractivity contribution in [3.05, 3.63) is 89.0 Å². The number of Topliss-reactive ketones (excluding diaryl/α,β-unsaturated/α-hetero) is 1. The number of hydrogen-bond acceptors (Lipinski definition) is 6. The van der Waals surface area contributed by atoms with Gasteiger partial charge in [-0.15, -0.1) is 0 Å². The van der Waals surface area contributed by atoms with Crippen molar-refractivity contribution in [2.24, 2.45) is 10.7 Å². The lowest BCUT2D eigenvalue weighted by Gasteiger charge is -2.27. The first-order chi connectivity index (χ1) is 14.9. The molecule has 0 amide bonds. The maximum absolute atomic E-state index is 12.7. The van der Waals surface area contributed by atoms with Gasteiger partial charge in [-0.05, 0) is 42.7 Å². The molecular formula is C24H26N4O3. The van der Waals surface area contributed by atoms with E-state index in [4.69, 9.17) is 15.2 Å². The molecule has 0 bridgehead atoms. The van der Waals surface area contributed by atoms with Gasteiger partial charge in [0.15, 0.2) is 5.78 Å². The molecule has 3 rings (SSSR count). The molecule has 0 radical (unpaired) electrons. The normalized spacial score (nSPS) is 13.4. The van der Waals surface area contributed by atoms with Crippen molar-refractivity contribution in [3.63, 3.8) is 0 Å². The van der Waals surface area contributed by atoms with E-state index in [0.717, 1.165) is 28.1 Å². The van der Waals surface area contributed by atoms with Crippen molar-refractivity contribution in [1.82, 2.24) is 9.97 Å². The number of aliphatic imine (C=N–C) groups is 1. The molecule has 0 aliphatic rings.